The van der Waals surface area contributed by atoms with Crippen LogP contribution in [0.4, 0.5) is 0 Å². The van der Waals surface area contributed by atoms with Crippen LogP contribution in [0.2, 0.25) is 0 Å². The number of carbonyl (C=O) groups is 1. The molecule has 3 rings (SSSR count). The van der Waals surface area contributed by atoms with Crippen LogP contribution in [0.15, 0.2) is 24.3 Å². The van der Waals surface area contributed by atoms with Crippen LogP contribution in [-0.4, -0.2) is 106 Å². The zero-order valence-electron chi connectivity index (χ0n) is 17.1. The van der Waals surface area contributed by atoms with E-state index < -0.39 is 61.8 Å². The van der Waals surface area contributed by atoms with Crippen molar-refractivity contribution in [2.45, 2.75) is 49.2 Å². The van der Waals surface area contributed by atoms with E-state index >= 15 is 0 Å². The van der Waals surface area contributed by atoms with E-state index in [2.05, 4.69) is 0 Å². The first-order chi connectivity index (χ1) is 15.2. The van der Waals surface area contributed by atoms with E-state index in [9.17, 15) is 35.4 Å². The molecule has 0 spiro atoms. The second-order valence-electron chi connectivity index (χ2n) is 7.26. The molecular formula is C20H26O12. The molecule has 2 aliphatic heterocycles. The number of hydrogen-bond donors (Lipinski definition) is 6. The fraction of sp³-hybridized carbons (Fsp3) is 0.550. The fourth-order valence-electron chi connectivity index (χ4n) is 3.30. The van der Waals surface area contributed by atoms with Crippen molar-refractivity contribution in [3.63, 3.8) is 0 Å². The van der Waals surface area contributed by atoms with Crippen LogP contribution in [0, 0.1) is 0 Å². The van der Waals surface area contributed by atoms with Crippen LogP contribution < -0.4 is 4.74 Å². The number of benzene rings is 1. The number of aromatic hydroxyl groups is 1. The summed E-state index contributed by atoms with van der Waals surface area (Å²) in [4.78, 5) is 12.3. The maximum atomic E-state index is 12.3. The lowest BCUT2D eigenvalue weighted by atomic mass is 10.1. The SMILES string of the molecule is COc1cc(C=CC(=O)O[C@H]2[C@H](OC[C@@H]3O[C@@H](O)[C@H](O)[C@H]3O)O[C@@H](CO)[C@@H]2O)ccc1O. The van der Waals surface area contributed by atoms with E-state index in [1.807, 2.05) is 0 Å². The average Bonchev–Trinajstić information content (AvgIpc) is 3.21. The molecule has 0 aromatic heterocycles. The minimum atomic E-state index is -1.59. The Morgan fingerprint density at radius 3 is 2.47 bits per heavy atom. The van der Waals surface area contributed by atoms with Gasteiger partial charge in [0.05, 0.1) is 20.3 Å². The number of carbonyl (C=O) groups excluding carboxylic acids is 1. The van der Waals surface area contributed by atoms with Crippen LogP contribution in [0.1, 0.15) is 5.56 Å². The first-order valence-electron chi connectivity index (χ1n) is 9.76. The normalized spacial score (nSPS) is 34.8. The van der Waals surface area contributed by atoms with E-state index in [1.165, 1.54) is 25.3 Å². The number of aliphatic hydroxyl groups is 5. The van der Waals surface area contributed by atoms with Crippen molar-refractivity contribution >= 4 is 12.0 Å². The number of phenolic OH excluding ortho intramolecular Hbond substituents is 1. The van der Waals surface area contributed by atoms with E-state index in [0.717, 1.165) is 6.08 Å². The van der Waals surface area contributed by atoms with Gasteiger partial charge in [-0.05, 0) is 23.8 Å². The quantitative estimate of drug-likeness (QED) is 0.184. The van der Waals surface area contributed by atoms with E-state index in [0.29, 0.717) is 5.56 Å². The molecule has 0 aliphatic carbocycles. The van der Waals surface area contributed by atoms with Crippen molar-refractivity contribution < 1.29 is 59.1 Å². The van der Waals surface area contributed by atoms with Crippen molar-refractivity contribution in [3.8, 4) is 11.5 Å². The molecule has 1 aromatic rings. The van der Waals surface area contributed by atoms with Crippen LogP contribution in [-0.2, 0) is 23.7 Å². The molecule has 2 fully saturated rings. The van der Waals surface area contributed by atoms with Crippen molar-refractivity contribution in [1.29, 1.82) is 0 Å². The standard InChI is InChI=1S/C20H26O12/c1-28-11-6-9(2-4-10(11)22)3-5-14(23)32-18-16(25)12(7-21)31-20(18)29-8-13-15(24)17(26)19(27)30-13/h2-6,12-13,15-22,24-27H,7-8H2,1H3/t12-,13-,15-,16-,17+,18+,19+,20+/m0/s1. The summed E-state index contributed by atoms with van der Waals surface area (Å²) < 4.78 is 26.0. The molecule has 0 saturated carbocycles. The van der Waals surface area contributed by atoms with Crippen molar-refractivity contribution in [1.82, 2.24) is 0 Å². The second-order valence-corrected chi connectivity index (χ2v) is 7.26. The Morgan fingerprint density at radius 2 is 1.84 bits per heavy atom. The third-order valence-electron chi connectivity index (χ3n) is 5.10. The first-order valence-corrected chi connectivity index (χ1v) is 9.76. The van der Waals surface area contributed by atoms with E-state index in [1.54, 1.807) is 6.07 Å². The molecule has 0 amide bonds. The minimum Gasteiger partial charge on any atom is -0.504 e. The lowest BCUT2D eigenvalue weighted by Gasteiger charge is -2.22. The maximum absolute atomic E-state index is 12.3. The van der Waals surface area contributed by atoms with Crippen LogP contribution in [0.3, 0.4) is 0 Å². The summed E-state index contributed by atoms with van der Waals surface area (Å²) in [6.07, 6.45) is -8.24. The Labute approximate surface area is 182 Å². The molecule has 0 bridgehead atoms. The summed E-state index contributed by atoms with van der Waals surface area (Å²) >= 11 is 0. The highest BCUT2D eigenvalue weighted by molar-refractivity contribution is 5.87. The van der Waals surface area contributed by atoms with E-state index in [-0.39, 0.29) is 18.1 Å². The zero-order chi connectivity index (χ0) is 23.4. The average molecular weight is 458 g/mol. The van der Waals surface area contributed by atoms with Gasteiger partial charge >= 0.3 is 5.97 Å². The number of hydrogen-bond acceptors (Lipinski definition) is 12. The molecule has 32 heavy (non-hydrogen) atoms. The molecule has 12 heteroatoms. The molecule has 178 valence electrons. The summed E-state index contributed by atoms with van der Waals surface area (Å²) in [5, 5.41) is 58.1. The Kier molecular flexibility index (Phi) is 8.03. The van der Waals surface area contributed by atoms with Gasteiger partial charge in [-0.2, -0.15) is 0 Å². The van der Waals surface area contributed by atoms with Gasteiger partial charge in [0.1, 0.15) is 30.5 Å². The lowest BCUT2D eigenvalue weighted by Crippen LogP contribution is -2.40. The lowest BCUT2D eigenvalue weighted by molar-refractivity contribution is -0.205. The Morgan fingerprint density at radius 1 is 1.09 bits per heavy atom. The summed E-state index contributed by atoms with van der Waals surface area (Å²) in [5.74, 6) is -0.698. The van der Waals surface area contributed by atoms with Crippen LogP contribution >= 0.6 is 0 Å². The Hall–Kier alpha value is -2.29. The number of methoxy groups -OCH3 is 1. The van der Waals surface area contributed by atoms with Crippen molar-refractivity contribution in [2.75, 3.05) is 20.3 Å². The second kappa shape index (κ2) is 10.6. The molecule has 8 atom stereocenters. The molecular weight excluding hydrogens is 432 g/mol. The predicted molar refractivity (Wildman–Crippen MR) is 104 cm³/mol. The molecule has 6 N–H and O–H groups in total. The van der Waals surface area contributed by atoms with Gasteiger partial charge in [0.2, 0.25) is 0 Å². The van der Waals surface area contributed by atoms with Gasteiger partial charge in [0, 0.05) is 6.08 Å². The van der Waals surface area contributed by atoms with E-state index in [4.69, 9.17) is 23.7 Å². The third kappa shape index (κ3) is 5.36. The number of rotatable bonds is 8. The molecule has 0 unspecified atom stereocenters. The molecule has 2 aliphatic rings. The fourth-order valence-corrected chi connectivity index (χ4v) is 3.30. The summed E-state index contributed by atoms with van der Waals surface area (Å²) in [5.41, 5.74) is 0.533. The number of ether oxygens (including phenoxy) is 5. The number of aliphatic hydroxyl groups excluding tert-OH is 5. The monoisotopic (exact) mass is 458 g/mol. The van der Waals surface area contributed by atoms with Crippen molar-refractivity contribution in [3.05, 3.63) is 29.8 Å². The number of phenols is 1. The molecule has 0 radical (unpaired) electrons. The van der Waals surface area contributed by atoms with Gasteiger partial charge < -0.3 is 54.3 Å². The largest absolute Gasteiger partial charge is 0.504 e. The summed E-state index contributed by atoms with van der Waals surface area (Å²) in [7, 11) is 1.38. The first kappa shape index (κ1) is 24.4. The number of esters is 1. The molecule has 12 nitrogen and oxygen atoms in total. The van der Waals surface area contributed by atoms with Crippen molar-refractivity contribution in [2.24, 2.45) is 0 Å². The highest BCUT2D eigenvalue weighted by Crippen LogP contribution is 2.28. The molecule has 2 saturated heterocycles. The highest BCUT2D eigenvalue weighted by atomic mass is 16.7. The maximum Gasteiger partial charge on any atom is 0.331 e. The van der Waals surface area contributed by atoms with Gasteiger partial charge in [-0.15, -0.1) is 0 Å². The topological polar surface area (TPSA) is 185 Å². The molecule has 1 aromatic carbocycles. The predicted octanol–water partition coefficient (Wildman–Crippen LogP) is -2.14. The highest BCUT2D eigenvalue weighted by Gasteiger charge is 2.48. The summed E-state index contributed by atoms with van der Waals surface area (Å²) in [6, 6.07) is 4.43. The van der Waals surface area contributed by atoms with Gasteiger partial charge in [-0.25, -0.2) is 4.79 Å². The zero-order valence-corrected chi connectivity index (χ0v) is 17.1. The van der Waals surface area contributed by atoms with Crippen LogP contribution in [0.5, 0.6) is 11.5 Å². The Bertz CT molecular complexity index is 814. The summed E-state index contributed by atoms with van der Waals surface area (Å²) in [6.45, 7) is -0.930. The Balaban J connectivity index is 1.62. The van der Waals surface area contributed by atoms with Gasteiger partial charge in [-0.3, -0.25) is 0 Å². The molecule has 2 heterocycles. The van der Waals surface area contributed by atoms with Gasteiger partial charge in [-0.1, -0.05) is 6.07 Å². The van der Waals surface area contributed by atoms with Gasteiger partial charge in [0.25, 0.3) is 0 Å². The third-order valence-corrected chi connectivity index (χ3v) is 5.10. The smallest absolute Gasteiger partial charge is 0.331 e. The van der Waals surface area contributed by atoms with Crippen LogP contribution in [0.25, 0.3) is 6.08 Å². The van der Waals surface area contributed by atoms with Gasteiger partial charge in [0.15, 0.2) is 30.2 Å². The minimum absolute atomic E-state index is 0.0649.